The van der Waals surface area contributed by atoms with Gasteiger partial charge >= 0.3 is 0 Å². The van der Waals surface area contributed by atoms with Crippen LogP contribution >= 0.6 is 0 Å². The molecule has 2 aliphatic heterocycles. The molecule has 4 nitrogen and oxygen atoms in total. The average molecular weight is 227 g/mol. The Bertz CT molecular complexity index is 210. The quantitative estimate of drug-likeness (QED) is 0.627. The number of rotatable bonds is 4. The number of nitrogens with zero attached hydrogens (tertiary/aromatic N) is 3. The molecule has 0 radical (unpaired) electrons. The van der Waals surface area contributed by atoms with Crippen molar-refractivity contribution < 1.29 is 4.74 Å². The summed E-state index contributed by atoms with van der Waals surface area (Å²) in [6.07, 6.45) is 1.17. The zero-order valence-corrected chi connectivity index (χ0v) is 10.7. The van der Waals surface area contributed by atoms with Crippen LogP contribution in [-0.2, 0) is 4.74 Å². The summed E-state index contributed by atoms with van der Waals surface area (Å²) in [6, 6.07) is 0.759. The number of ether oxygens (including phenoxy) is 1. The molecule has 16 heavy (non-hydrogen) atoms. The van der Waals surface area contributed by atoms with Crippen LogP contribution in [-0.4, -0.2) is 87.3 Å². The van der Waals surface area contributed by atoms with Gasteiger partial charge in [-0.3, -0.25) is 4.90 Å². The predicted octanol–water partition coefficient (Wildman–Crippen LogP) is -0.0455. The normalized spacial score (nSPS) is 29.2. The van der Waals surface area contributed by atoms with Crippen LogP contribution in [0.1, 0.15) is 6.42 Å². The number of methoxy groups -OCH3 is 1. The number of piperazine rings is 2. The van der Waals surface area contributed by atoms with Gasteiger partial charge in [0.25, 0.3) is 0 Å². The molecule has 2 rings (SSSR count). The third kappa shape index (κ3) is 3.17. The highest BCUT2D eigenvalue weighted by Gasteiger charge is 2.30. The van der Waals surface area contributed by atoms with Gasteiger partial charge in [0.15, 0.2) is 0 Å². The summed E-state index contributed by atoms with van der Waals surface area (Å²) in [5.41, 5.74) is 0. The van der Waals surface area contributed by atoms with Crippen molar-refractivity contribution in [3.05, 3.63) is 0 Å². The molecule has 0 aromatic rings. The largest absolute Gasteiger partial charge is 0.385 e. The molecule has 0 spiro atoms. The van der Waals surface area contributed by atoms with E-state index in [-0.39, 0.29) is 0 Å². The minimum atomic E-state index is 0.759. The molecular formula is C12H25N3O. The summed E-state index contributed by atoms with van der Waals surface area (Å²) in [4.78, 5) is 7.71. The first-order valence-corrected chi connectivity index (χ1v) is 6.43. The summed E-state index contributed by atoms with van der Waals surface area (Å²) < 4.78 is 5.11. The molecule has 2 aliphatic rings. The van der Waals surface area contributed by atoms with Gasteiger partial charge in [-0.15, -0.1) is 0 Å². The van der Waals surface area contributed by atoms with Crippen molar-refractivity contribution >= 4 is 0 Å². The fourth-order valence-electron chi connectivity index (χ4n) is 2.81. The highest BCUT2D eigenvalue weighted by Crippen LogP contribution is 2.14. The van der Waals surface area contributed by atoms with Crippen molar-refractivity contribution in [3.63, 3.8) is 0 Å². The molecule has 4 heteroatoms. The fraction of sp³-hybridized carbons (Fsp3) is 1.00. The molecule has 1 unspecified atom stereocenters. The molecule has 1 atom stereocenters. The molecule has 0 saturated carbocycles. The molecule has 0 amide bonds. The summed E-state index contributed by atoms with van der Waals surface area (Å²) in [7, 11) is 4.02. The van der Waals surface area contributed by atoms with Crippen molar-refractivity contribution in [1.29, 1.82) is 0 Å². The number of hydrogen-bond acceptors (Lipinski definition) is 4. The van der Waals surface area contributed by atoms with E-state index in [0.29, 0.717) is 0 Å². The van der Waals surface area contributed by atoms with E-state index in [9.17, 15) is 0 Å². The monoisotopic (exact) mass is 227 g/mol. The van der Waals surface area contributed by atoms with Crippen LogP contribution in [0.3, 0.4) is 0 Å². The van der Waals surface area contributed by atoms with Gasteiger partial charge in [-0.2, -0.15) is 0 Å². The van der Waals surface area contributed by atoms with Crippen molar-refractivity contribution in [2.45, 2.75) is 12.5 Å². The van der Waals surface area contributed by atoms with Gasteiger partial charge < -0.3 is 14.5 Å². The zero-order valence-electron chi connectivity index (χ0n) is 10.7. The Morgan fingerprint density at radius 2 is 1.94 bits per heavy atom. The second-order valence-corrected chi connectivity index (χ2v) is 5.10. The Kier molecular flexibility index (Phi) is 4.58. The van der Waals surface area contributed by atoms with Crippen LogP contribution in [0.15, 0.2) is 0 Å². The Labute approximate surface area is 99.1 Å². The zero-order chi connectivity index (χ0) is 11.4. The van der Waals surface area contributed by atoms with Gasteiger partial charge in [0, 0.05) is 65.6 Å². The standard InChI is InChI=1S/C12H25N3O/c1-13-5-7-15-8-6-14(4-3-9-16-2)11-12(15)10-13/h12H,3-11H2,1-2H3. The fourth-order valence-corrected chi connectivity index (χ4v) is 2.81. The lowest BCUT2D eigenvalue weighted by atomic mass is 10.1. The van der Waals surface area contributed by atoms with Crippen molar-refractivity contribution in [2.75, 3.05) is 66.6 Å². The minimum Gasteiger partial charge on any atom is -0.385 e. The molecule has 2 heterocycles. The van der Waals surface area contributed by atoms with Gasteiger partial charge in [0.2, 0.25) is 0 Å². The minimum absolute atomic E-state index is 0.759. The smallest absolute Gasteiger partial charge is 0.0474 e. The molecule has 2 fully saturated rings. The summed E-state index contributed by atoms with van der Waals surface area (Å²) in [5, 5.41) is 0. The molecular weight excluding hydrogens is 202 g/mol. The predicted molar refractivity (Wildman–Crippen MR) is 65.8 cm³/mol. The Morgan fingerprint density at radius 3 is 2.75 bits per heavy atom. The summed E-state index contributed by atoms with van der Waals surface area (Å²) in [5.74, 6) is 0. The Hall–Kier alpha value is -0.160. The summed E-state index contributed by atoms with van der Waals surface area (Å²) >= 11 is 0. The van der Waals surface area contributed by atoms with E-state index >= 15 is 0 Å². The first-order valence-electron chi connectivity index (χ1n) is 6.43. The first-order chi connectivity index (χ1) is 7.79. The van der Waals surface area contributed by atoms with Crippen LogP contribution in [0.25, 0.3) is 0 Å². The maximum Gasteiger partial charge on any atom is 0.0474 e. The van der Waals surface area contributed by atoms with E-state index in [1.165, 1.54) is 52.2 Å². The third-order valence-corrected chi connectivity index (χ3v) is 3.80. The number of fused-ring (bicyclic) bond motifs is 1. The van der Waals surface area contributed by atoms with Gasteiger partial charge in [0.05, 0.1) is 0 Å². The van der Waals surface area contributed by atoms with Gasteiger partial charge in [0.1, 0.15) is 0 Å². The first kappa shape index (κ1) is 12.3. The lowest BCUT2D eigenvalue weighted by Crippen LogP contribution is -2.61. The van der Waals surface area contributed by atoms with Crippen LogP contribution in [0.5, 0.6) is 0 Å². The second-order valence-electron chi connectivity index (χ2n) is 5.10. The lowest BCUT2D eigenvalue weighted by Gasteiger charge is -2.46. The van der Waals surface area contributed by atoms with E-state index < -0.39 is 0 Å². The molecule has 0 bridgehead atoms. The lowest BCUT2D eigenvalue weighted by molar-refractivity contribution is 0.0178. The third-order valence-electron chi connectivity index (χ3n) is 3.80. The average Bonchev–Trinajstić information content (AvgIpc) is 2.29. The van der Waals surface area contributed by atoms with Gasteiger partial charge in [-0.1, -0.05) is 0 Å². The second kappa shape index (κ2) is 5.96. The molecule has 94 valence electrons. The van der Waals surface area contributed by atoms with Gasteiger partial charge in [-0.05, 0) is 13.5 Å². The Morgan fingerprint density at radius 1 is 1.12 bits per heavy atom. The SMILES string of the molecule is COCCCN1CCN2CCN(C)CC2C1. The summed E-state index contributed by atoms with van der Waals surface area (Å²) in [6.45, 7) is 9.56. The van der Waals surface area contributed by atoms with E-state index in [0.717, 1.165) is 12.6 Å². The van der Waals surface area contributed by atoms with Crippen LogP contribution in [0.4, 0.5) is 0 Å². The molecule has 0 N–H and O–H groups in total. The van der Waals surface area contributed by atoms with Crippen molar-refractivity contribution in [3.8, 4) is 0 Å². The van der Waals surface area contributed by atoms with E-state index in [2.05, 4.69) is 21.7 Å². The van der Waals surface area contributed by atoms with Gasteiger partial charge in [-0.25, -0.2) is 0 Å². The van der Waals surface area contributed by atoms with E-state index in [4.69, 9.17) is 4.74 Å². The highest BCUT2D eigenvalue weighted by molar-refractivity contribution is 4.87. The highest BCUT2D eigenvalue weighted by atomic mass is 16.5. The number of hydrogen-bond donors (Lipinski definition) is 0. The molecule has 0 aromatic carbocycles. The van der Waals surface area contributed by atoms with Crippen LogP contribution in [0, 0.1) is 0 Å². The van der Waals surface area contributed by atoms with Crippen LogP contribution < -0.4 is 0 Å². The molecule has 0 aromatic heterocycles. The van der Waals surface area contributed by atoms with Crippen LogP contribution in [0.2, 0.25) is 0 Å². The van der Waals surface area contributed by atoms with Crippen molar-refractivity contribution in [1.82, 2.24) is 14.7 Å². The maximum atomic E-state index is 5.11. The molecule has 2 saturated heterocycles. The maximum absolute atomic E-state index is 5.11. The Balaban J connectivity index is 1.74. The molecule has 0 aliphatic carbocycles. The van der Waals surface area contributed by atoms with Crippen molar-refractivity contribution in [2.24, 2.45) is 0 Å². The van der Waals surface area contributed by atoms with E-state index in [1.54, 1.807) is 7.11 Å². The van der Waals surface area contributed by atoms with E-state index in [1.807, 2.05) is 0 Å². The topological polar surface area (TPSA) is 19.0 Å². The number of likely N-dealkylation sites (N-methyl/N-ethyl adjacent to an activating group) is 1.